The van der Waals surface area contributed by atoms with Crippen LogP contribution in [0.1, 0.15) is 35.6 Å². The van der Waals surface area contributed by atoms with Crippen LogP contribution < -0.4 is 16.6 Å². The summed E-state index contributed by atoms with van der Waals surface area (Å²) in [6.45, 7) is 1.96. The minimum Gasteiger partial charge on any atom is -0.460 e. The molecule has 35 heavy (non-hydrogen) atoms. The number of nitrogen functional groups attached to an aromatic ring is 1. The van der Waals surface area contributed by atoms with Crippen molar-refractivity contribution in [2.45, 2.75) is 25.8 Å². The highest BCUT2D eigenvalue weighted by Crippen LogP contribution is 2.32. The number of nitrogens with zero attached hydrogens (tertiary/aromatic N) is 1. The van der Waals surface area contributed by atoms with Crippen molar-refractivity contribution in [1.82, 2.24) is 4.57 Å². The van der Waals surface area contributed by atoms with Gasteiger partial charge in [0.05, 0.1) is 6.61 Å². The Hall–Kier alpha value is -4.04. The number of hydrogen-bond acceptors (Lipinski definition) is 6. The minimum atomic E-state index is -0.640. The third kappa shape index (κ3) is 4.28. The Morgan fingerprint density at radius 3 is 2.80 bits per heavy atom. The maximum atomic E-state index is 13.1. The Balaban J connectivity index is 1.39. The lowest BCUT2D eigenvalue weighted by Crippen LogP contribution is -2.31. The van der Waals surface area contributed by atoms with Crippen LogP contribution in [0.15, 0.2) is 63.8 Å². The molecule has 1 amide bonds. The number of anilines is 2. The molecular formula is C26H22ClN3O5. The van der Waals surface area contributed by atoms with Gasteiger partial charge in [-0.2, -0.15) is 0 Å². The maximum Gasteiger partial charge on any atom is 0.374 e. The number of pyridine rings is 1. The zero-order valence-corrected chi connectivity index (χ0v) is 19.6. The smallest absolute Gasteiger partial charge is 0.374 e. The summed E-state index contributed by atoms with van der Waals surface area (Å²) in [7, 11) is 0. The summed E-state index contributed by atoms with van der Waals surface area (Å²) < 4.78 is 12.0. The summed E-state index contributed by atoms with van der Waals surface area (Å²) in [5, 5.41) is 4.05. The van der Waals surface area contributed by atoms with E-state index in [0.717, 1.165) is 5.69 Å². The molecule has 9 heteroatoms. The van der Waals surface area contributed by atoms with E-state index in [9.17, 15) is 14.4 Å². The second kappa shape index (κ2) is 8.96. The zero-order valence-electron chi connectivity index (χ0n) is 18.8. The van der Waals surface area contributed by atoms with Gasteiger partial charge in [0.2, 0.25) is 11.7 Å². The molecular weight excluding hydrogens is 470 g/mol. The Kier molecular flexibility index (Phi) is 5.82. The molecule has 178 valence electrons. The molecule has 1 atom stereocenters. The molecule has 0 unspecified atom stereocenters. The first-order valence-corrected chi connectivity index (χ1v) is 11.5. The number of aryl methyl sites for hydroxylation is 1. The van der Waals surface area contributed by atoms with Gasteiger partial charge in [-0.05, 0) is 73.9 Å². The molecule has 0 bridgehead atoms. The predicted molar refractivity (Wildman–Crippen MR) is 134 cm³/mol. The molecule has 0 spiro atoms. The predicted octanol–water partition coefficient (Wildman–Crippen LogP) is 4.80. The van der Waals surface area contributed by atoms with Crippen LogP contribution in [-0.4, -0.2) is 23.1 Å². The zero-order chi connectivity index (χ0) is 24.7. The van der Waals surface area contributed by atoms with Crippen LogP contribution in [0.4, 0.5) is 11.4 Å². The second-order valence-corrected chi connectivity index (χ2v) is 8.74. The number of ether oxygens (including phenoxy) is 1. The first-order chi connectivity index (χ1) is 16.8. The van der Waals surface area contributed by atoms with Crippen molar-refractivity contribution >= 4 is 45.8 Å². The van der Waals surface area contributed by atoms with Crippen LogP contribution in [0.25, 0.3) is 22.1 Å². The van der Waals surface area contributed by atoms with E-state index in [0.29, 0.717) is 51.3 Å². The Morgan fingerprint density at radius 1 is 1.17 bits per heavy atom. The lowest BCUT2D eigenvalue weighted by atomic mass is 10.0. The van der Waals surface area contributed by atoms with Gasteiger partial charge in [0.25, 0.3) is 5.56 Å². The second-order valence-electron chi connectivity index (χ2n) is 8.30. The molecule has 0 radical (unpaired) electrons. The number of nitrogens with two attached hydrogens (primary N) is 1. The summed E-state index contributed by atoms with van der Waals surface area (Å²) in [5.74, 6) is -0.748. The van der Waals surface area contributed by atoms with Crippen molar-refractivity contribution in [1.29, 1.82) is 0 Å². The minimum absolute atomic E-state index is 0.0951. The van der Waals surface area contributed by atoms with Gasteiger partial charge in [-0.1, -0.05) is 11.6 Å². The number of fused-ring (bicyclic) bond motifs is 2. The Morgan fingerprint density at radius 2 is 2.00 bits per heavy atom. The lowest BCUT2D eigenvalue weighted by molar-refractivity contribution is -0.119. The van der Waals surface area contributed by atoms with Crippen LogP contribution >= 0.6 is 11.6 Å². The third-order valence-corrected chi connectivity index (χ3v) is 6.26. The van der Waals surface area contributed by atoms with E-state index in [-0.39, 0.29) is 23.8 Å². The summed E-state index contributed by atoms with van der Waals surface area (Å²) in [6, 6.07) is 14.5. The molecule has 8 nitrogen and oxygen atoms in total. The molecule has 1 aliphatic heterocycles. The van der Waals surface area contributed by atoms with E-state index in [4.69, 9.17) is 26.5 Å². The molecule has 3 heterocycles. The van der Waals surface area contributed by atoms with Crippen LogP contribution in [0.3, 0.4) is 0 Å². The standard InChI is InChI=1S/C26H22ClN3O5/c1-2-34-26(33)23-11-15-9-17(4-8-22(15)35-23)29-25(32)21-7-5-18-10-14(12-24(31)30(18)21)19-13-16(27)3-6-20(19)28/h3-4,6,8-13,21H,2,5,7,28H2,1H3,(H,29,32)/t21-/m0/s1. The van der Waals surface area contributed by atoms with Gasteiger partial charge in [0.15, 0.2) is 0 Å². The Bertz CT molecular complexity index is 1540. The maximum absolute atomic E-state index is 13.1. The fourth-order valence-electron chi connectivity index (χ4n) is 4.43. The molecule has 2 aromatic heterocycles. The SMILES string of the molecule is CCOC(=O)c1cc2cc(NC(=O)[C@@H]3CCc4cc(-c5cc(Cl)ccc5N)cc(=O)n43)ccc2o1. The number of benzene rings is 2. The van der Waals surface area contributed by atoms with E-state index in [2.05, 4.69) is 5.32 Å². The number of esters is 1. The van der Waals surface area contributed by atoms with Crippen molar-refractivity contribution in [3.63, 3.8) is 0 Å². The number of halogens is 1. The average molecular weight is 492 g/mol. The fourth-order valence-corrected chi connectivity index (χ4v) is 4.60. The first-order valence-electron chi connectivity index (χ1n) is 11.2. The molecule has 5 rings (SSSR count). The van der Waals surface area contributed by atoms with E-state index in [1.165, 1.54) is 10.6 Å². The normalized spacial score (nSPS) is 14.6. The van der Waals surface area contributed by atoms with Crippen molar-refractivity contribution in [2.75, 3.05) is 17.7 Å². The first kappa shape index (κ1) is 22.7. The molecule has 0 fully saturated rings. The summed E-state index contributed by atoms with van der Waals surface area (Å²) >= 11 is 6.11. The van der Waals surface area contributed by atoms with E-state index >= 15 is 0 Å². The quantitative estimate of drug-likeness (QED) is 0.306. The van der Waals surface area contributed by atoms with Crippen molar-refractivity contribution in [3.8, 4) is 11.1 Å². The fraction of sp³-hybridized carbons (Fsp3) is 0.192. The van der Waals surface area contributed by atoms with Crippen LogP contribution in [0, 0.1) is 0 Å². The molecule has 0 aliphatic carbocycles. The number of nitrogens with one attached hydrogen (secondary N) is 1. The van der Waals surface area contributed by atoms with Gasteiger partial charge in [0.1, 0.15) is 11.6 Å². The topological polar surface area (TPSA) is 117 Å². The molecule has 0 saturated heterocycles. The van der Waals surface area contributed by atoms with E-state index < -0.39 is 12.0 Å². The molecule has 0 saturated carbocycles. The number of rotatable bonds is 5. The highest BCUT2D eigenvalue weighted by atomic mass is 35.5. The summed E-state index contributed by atoms with van der Waals surface area (Å²) in [4.78, 5) is 38.0. The molecule has 3 N–H and O–H groups in total. The molecule has 2 aromatic carbocycles. The van der Waals surface area contributed by atoms with Crippen LogP contribution in [0.2, 0.25) is 5.02 Å². The number of carbonyl (C=O) groups excluding carboxylic acids is 2. The van der Waals surface area contributed by atoms with Crippen molar-refractivity contribution < 1.29 is 18.7 Å². The highest BCUT2D eigenvalue weighted by molar-refractivity contribution is 6.31. The number of carbonyl (C=O) groups is 2. The van der Waals surface area contributed by atoms with E-state index in [1.54, 1.807) is 49.4 Å². The van der Waals surface area contributed by atoms with Gasteiger partial charge in [-0.3, -0.25) is 9.59 Å². The van der Waals surface area contributed by atoms with E-state index in [1.807, 2.05) is 6.07 Å². The van der Waals surface area contributed by atoms with Gasteiger partial charge in [-0.15, -0.1) is 0 Å². The third-order valence-electron chi connectivity index (χ3n) is 6.02. The summed E-state index contributed by atoms with van der Waals surface area (Å²) in [5.41, 5.74) is 9.47. The number of hydrogen-bond donors (Lipinski definition) is 2. The number of amides is 1. The summed E-state index contributed by atoms with van der Waals surface area (Å²) in [6.07, 6.45) is 1.07. The molecule has 1 aliphatic rings. The van der Waals surface area contributed by atoms with Gasteiger partial charge in [-0.25, -0.2) is 4.79 Å². The van der Waals surface area contributed by atoms with Gasteiger partial charge >= 0.3 is 5.97 Å². The average Bonchev–Trinajstić information content (AvgIpc) is 3.45. The van der Waals surface area contributed by atoms with Crippen LogP contribution in [-0.2, 0) is 16.0 Å². The highest BCUT2D eigenvalue weighted by Gasteiger charge is 2.30. The van der Waals surface area contributed by atoms with Gasteiger partial charge < -0.3 is 24.8 Å². The molecule has 4 aromatic rings. The van der Waals surface area contributed by atoms with Gasteiger partial charge in [0, 0.05) is 39.1 Å². The lowest BCUT2D eigenvalue weighted by Gasteiger charge is -2.16. The van der Waals surface area contributed by atoms with Crippen molar-refractivity contribution in [3.05, 3.63) is 81.4 Å². The Labute approximate surface area is 205 Å². The van der Waals surface area contributed by atoms with Crippen molar-refractivity contribution in [2.24, 2.45) is 0 Å². The number of aromatic nitrogens is 1. The number of furan rings is 1. The largest absolute Gasteiger partial charge is 0.460 e. The monoisotopic (exact) mass is 491 g/mol. The van der Waals surface area contributed by atoms with Crippen LogP contribution in [0.5, 0.6) is 0 Å².